The van der Waals surface area contributed by atoms with Gasteiger partial charge in [-0.3, -0.25) is 4.79 Å². The lowest BCUT2D eigenvalue weighted by Gasteiger charge is -2.06. The van der Waals surface area contributed by atoms with E-state index >= 15 is 0 Å². The summed E-state index contributed by atoms with van der Waals surface area (Å²) in [6.45, 7) is 0.372. The lowest BCUT2D eigenvalue weighted by atomic mass is 10.1. The molecule has 1 aromatic carbocycles. The van der Waals surface area contributed by atoms with Gasteiger partial charge in [0.1, 0.15) is 5.82 Å². The third kappa shape index (κ3) is 2.63. The van der Waals surface area contributed by atoms with Gasteiger partial charge in [-0.05, 0) is 17.7 Å². The Labute approximate surface area is 102 Å². The Bertz CT molecular complexity index is 628. The summed E-state index contributed by atoms with van der Waals surface area (Å²) in [5.74, 6) is -2.05. The molecule has 0 spiro atoms. The van der Waals surface area contributed by atoms with Crippen LogP contribution in [-0.2, 0) is 6.54 Å². The fraction of sp³-hybridized carbons (Fsp3) is 0.0769. The van der Waals surface area contributed by atoms with E-state index in [2.05, 4.69) is 0 Å². The summed E-state index contributed by atoms with van der Waals surface area (Å²) in [6, 6.07) is 6.77. The fourth-order valence-corrected chi connectivity index (χ4v) is 1.59. The van der Waals surface area contributed by atoms with Gasteiger partial charge in [-0.2, -0.15) is 0 Å². The van der Waals surface area contributed by atoms with Crippen molar-refractivity contribution in [3.63, 3.8) is 0 Å². The zero-order valence-electron chi connectivity index (χ0n) is 9.34. The summed E-state index contributed by atoms with van der Waals surface area (Å²) < 4.78 is 15.1. The van der Waals surface area contributed by atoms with Crippen LogP contribution >= 0.6 is 0 Å². The van der Waals surface area contributed by atoms with Crippen LogP contribution in [0.15, 0.2) is 47.5 Å². The normalized spacial score (nSPS) is 10.3. The van der Waals surface area contributed by atoms with Crippen LogP contribution in [0.1, 0.15) is 15.9 Å². The largest absolute Gasteiger partial charge is 0.478 e. The molecule has 0 atom stereocenters. The van der Waals surface area contributed by atoms with E-state index in [9.17, 15) is 14.0 Å². The summed E-state index contributed by atoms with van der Waals surface area (Å²) in [6.07, 6.45) is 3.18. The molecular formula is C13H10FNO3. The minimum absolute atomic E-state index is 0.0985. The molecule has 5 heteroatoms. The van der Waals surface area contributed by atoms with Crippen molar-refractivity contribution in [1.29, 1.82) is 0 Å². The van der Waals surface area contributed by atoms with Crippen molar-refractivity contribution in [2.45, 2.75) is 6.54 Å². The second-order valence-electron chi connectivity index (χ2n) is 3.83. The molecule has 1 aromatic heterocycles. The molecule has 0 fully saturated rings. The maximum Gasteiger partial charge on any atom is 0.338 e. The van der Waals surface area contributed by atoms with Gasteiger partial charge in [-0.15, -0.1) is 0 Å². The van der Waals surface area contributed by atoms with Crippen molar-refractivity contribution in [2.24, 2.45) is 0 Å². The van der Waals surface area contributed by atoms with Crippen LogP contribution in [-0.4, -0.2) is 15.6 Å². The number of aromatic nitrogens is 1. The van der Waals surface area contributed by atoms with Gasteiger partial charge < -0.3 is 9.67 Å². The first-order valence-corrected chi connectivity index (χ1v) is 5.24. The van der Waals surface area contributed by atoms with Crippen LogP contribution in [0.4, 0.5) is 4.39 Å². The number of aromatic carboxylic acids is 1. The molecular weight excluding hydrogens is 237 g/mol. The first-order chi connectivity index (χ1) is 8.56. The summed E-state index contributed by atoms with van der Waals surface area (Å²) >= 11 is 0. The second kappa shape index (κ2) is 4.83. The van der Waals surface area contributed by atoms with Crippen LogP contribution in [0.3, 0.4) is 0 Å². The van der Waals surface area contributed by atoms with Gasteiger partial charge in [-0.1, -0.05) is 6.07 Å². The van der Waals surface area contributed by atoms with E-state index < -0.39 is 11.8 Å². The van der Waals surface area contributed by atoms with E-state index in [4.69, 9.17) is 5.11 Å². The van der Waals surface area contributed by atoms with Gasteiger partial charge in [0.25, 0.3) is 0 Å². The van der Waals surface area contributed by atoms with Gasteiger partial charge in [0.05, 0.1) is 5.56 Å². The van der Waals surface area contributed by atoms with E-state index in [0.29, 0.717) is 12.1 Å². The summed E-state index contributed by atoms with van der Waals surface area (Å²) in [5.41, 5.74) is 0.179. The Kier molecular flexibility index (Phi) is 3.23. The van der Waals surface area contributed by atoms with Crippen molar-refractivity contribution in [1.82, 2.24) is 4.57 Å². The SMILES string of the molecule is O=C(O)c1ccc(Cn2ccc(=O)cc2)cc1F. The molecule has 2 rings (SSSR count). The Morgan fingerprint density at radius 1 is 1.22 bits per heavy atom. The number of carboxylic acids is 1. The van der Waals surface area contributed by atoms with E-state index in [1.165, 1.54) is 24.3 Å². The van der Waals surface area contributed by atoms with E-state index in [1.54, 1.807) is 23.0 Å². The first kappa shape index (κ1) is 12.0. The van der Waals surface area contributed by atoms with Crippen molar-refractivity contribution in [3.8, 4) is 0 Å². The summed E-state index contributed by atoms with van der Waals surface area (Å²) in [7, 11) is 0. The first-order valence-electron chi connectivity index (χ1n) is 5.24. The Morgan fingerprint density at radius 2 is 1.89 bits per heavy atom. The van der Waals surface area contributed by atoms with Crippen molar-refractivity contribution < 1.29 is 14.3 Å². The molecule has 92 valence electrons. The van der Waals surface area contributed by atoms with Crippen molar-refractivity contribution >= 4 is 5.97 Å². The minimum atomic E-state index is -1.29. The molecule has 18 heavy (non-hydrogen) atoms. The number of hydrogen-bond acceptors (Lipinski definition) is 2. The van der Waals surface area contributed by atoms with Crippen molar-refractivity contribution in [3.05, 3.63) is 69.9 Å². The highest BCUT2D eigenvalue weighted by atomic mass is 19.1. The Hall–Kier alpha value is -2.43. The molecule has 0 radical (unpaired) electrons. The molecule has 0 unspecified atom stereocenters. The zero-order valence-corrected chi connectivity index (χ0v) is 9.34. The van der Waals surface area contributed by atoms with E-state index in [-0.39, 0.29) is 11.0 Å². The van der Waals surface area contributed by atoms with Gasteiger partial charge in [-0.25, -0.2) is 9.18 Å². The summed E-state index contributed by atoms with van der Waals surface area (Å²) in [5, 5.41) is 8.70. The highest BCUT2D eigenvalue weighted by Crippen LogP contribution is 2.11. The zero-order chi connectivity index (χ0) is 13.1. The smallest absolute Gasteiger partial charge is 0.338 e. The number of benzene rings is 1. The second-order valence-corrected chi connectivity index (χ2v) is 3.83. The molecule has 4 nitrogen and oxygen atoms in total. The average molecular weight is 247 g/mol. The van der Waals surface area contributed by atoms with Gasteiger partial charge in [0.15, 0.2) is 5.43 Å². The predicted octanol–water partition coefficient (Wildman–Crippen LogP) is 1.73. The van der Waals surface area contributed by atoms with Gasteiger partial charge in [0.2, 0.25) is 0 Å². The average Bonchev–Trinajstić information content (AvgIpc) is 2.32. The molecule has 0 saturated carbocycles. The monoisotopic (exact) mass is 247 g/mol. The maximum absolute atomic E-state index is 13.4. The highest BCUT2D eigenvalue weighted by molar-refractivity contribution is 5.87. The number of nitrogens with zero attached hydrogens (tertiary/aromatic N) is 1. The maximum atomic E-state index is 13.4. The van der Waals surface area contributed by atoms with Crippen LogP contribution < -0.4 is 5.43 Å². The van der Waals surface area contributed by atoms with Crippen LogP contribution in [0.5, 0.6) is 0 Å². The van der Waals surface area contributed by atoms with E-state index in [0.717, 1.165) is 0 Å². The molecule has 0 saturated heterocycles. The number of rotatable bonds is 3. The summed E-state index contributed by atoms with van der Waals surface area (Å²) in [4.78, 5) is 21.6. The number of halogens is 1. The van der Waals surface area contributed by atoms with E-state index in [1.807, 2.05) is 0 Å². The van der Waals surface area contributed by atoms with Crippen LogP contribution in [0, 0.1) is 5.82 Å². The van der Waals surface area contributed by atoms with Crippen LogP contribution in [0.25, 0.3) is 0 Å². The van der Waals surface area contributed by atoms with Crippen molar-refractivity contribution in [2.75, 3.05) is 0 Å². The Balaban J connectivity index is 2.25. The predicted molar refractivity (Wildman–Crippen MR) is 63.2 cm³/mol. The Morgan fingerprint density at radius 3 is 2.44 bits per heavy atom. The minimum Gasteiger partial charge on any atom is -0.478 e. The molecule has 1 N–H and O–H groups in total. The number of pyridine rings is 1. The third-order valence-electron chi connectivity index (χ3n) is 2.49. The topological polar surface area (TPSA) is 59.3 Å². The third-order valence-corrected chi connectivity index (χ3v) is 2.49. The molecule has 0 aliphatic heterocycles. The quantitative estimate of drug-likeness (QED) is 0.898. The molecule has 0 bridgehead atoms. The molecule has 0 amide bonds. The molecule has 0 aliphatic carbocycles. The standard InChI is InChI=1S/C13H10FNO3/c14-12-7-9(1-2-11(12)13(17)18)8-15-5-3-10(16)4-6-15/h1-7H,8H2,(H,17,18). The lowest BCUT2D eigenvalue weighted by Crippen LogP contribution is -2.06. The fourth-order valence-electron chi connectivity index (χ4n) is 1.59. The molecule has 0 aliphatic rings. The number of carboxylic acid groups (broad SMARTS) is 1. The lowest BCUT2D eigenvalue weighted by molar-refractivity contribution is 0.0692. The number of hydrogen-bond donors (Lipinski definition) is 1. The van der Waals surface area contributed by atoms with Gasteiger partial charge in [0, 0.05) is 31.1 Å². The van der Waals surface area contributed by atoms with Gasteiger partial charge >= 0.3 is 5.97 Å². The molecule has 2 aromatic rings. The highest BCUT2D eigenvalue weighted by Gasteiger charge is 2.10. The number of carbonyl (C=O) groups is 1. The molecule has 1 heterocycles. The van der Waals surface area contributed by atoms with Crippen LogP contribution in [0.2, 0.25) is 0 Å².